The van der Waals surface area contributed by atoms with Crippen molar-refractivity contribution in [2.75, 3.05) is 0 Å². The van der Waals surface area contributed by atoms with E-state index >= 15 is 0 Å². The Morgan fingerprint density at radius 3 is 2.53 bits per heavy atom. The van der Waals surface area contributed by atoms with E-state index in [0.717, 1.165) is 16.5 Å². The summed E-state index contributed by atoms with van der Waals surface area (Å²) in [7, 11) is 0. The molecule has 152 valence electrons. The van der Waals surface area contributed by atoms with Gasteiger partial charge in [-0.1, -0.05) is 48.0 Å². The van der Waals surface area contributed by atoms with Crippen LogP contribution < -0.4 is 10.9 Å². The molecule has 0 fully saturated rings. The Hall–Kier alpha value is -3.67. The number of fused-ring (bicyclic) bond motifs is 1. The zero-order chi connectivity index (χ0) is 21.1. The summed E-state index contributed by atoms with van der Waals surface area (Å²) in [5, 5.41) is 3.50. The van der Waals surface area contributed by atoms with Crippen LogP contribution in [0.15, 0.2) is 77.9 Å². The van der Waals surface area contributed by atoms with Crippen molar-refractivity contribution in [3.63, 3.8) is 0 Å². The maximum atomic E-state index is 13.7. The molecule has 0 atom stereocenters. The van der Waals surface area contributed by atoms with E-state index in [1.165, 1.54) is 10.6 Å². The lowest BCUT2D eigenvalue weighted by atomic mass is 10.1. The van der Waals surface area contributed by atoms with Crippen molar-refractivity contribution in [3.05, 3.63) is 106 Å². The summed E-state index contributed by atoms with van der Waals surface area (Å²) in [6.07, 6.45) is 3.50. The lowest BCUT2D eigenvalue weighted by Gasteiger charge is -2.10. The standard InChI is InChI=1S/C24H22FN3O2/c1-17-5-4-6-18(13-17)15-27-11-9-19-10-12-28(24(30)23(19)27)16-22(29)26-14-20-7-2-3-8-21(20)25/h2-13H,14-16H2,1H3,(H,26,29). The number of pyridine rings is 1. The van der Waals surface area contributed by atoms with Crippen LogP contribution in [0.2, 0.25) is 0 Å². The van der Waals surface area contributed by atoms with E-state index in [9.17, 15) is 14.0 Å². The van der Waals surface area contributed by atoms with E-state index < -0.39 is 0 Å². The fourth-order valence-corrected chi connectivity index (χ4v) is 3.55. The summed E-state index contributed by atoms with van der Waals surface area (Å²) in [5.41, 5.74) is 2.99. The van der Waals surface area contributed by atoms with Crippen molar-refractivity contribution in [1.29, 1.82) is 0 Å². The summed E-state index contributed by atoms with van der Waals surface area (Å²) in [4.78, 5) is 25.4. The molecule has 0 aliphatic rings. The van der Waals surface area contributed by atoms with Gasteiger partial charge < -0.3 is 14.5 Å². The molecule has 0 radical (unpaired) electrons. The van der Waals surface area contributed by atoms with Crippen molar-refractivity contribution in [2.24, 2.45) is 0 Å². The van der Waals surface area contributed by atoms with Gasteiger partial charge in [-0.25, -0.2) is 4.39 Å². The number of hydrogen-bond acceptors (Lipinski definition) is 2. The van der Waals surface area contributed by atoms with Crippen LogP contribution in [0.4, 0.5) is 4.39 Å². The molecule has 0 bridgehead atoms. The second-order valence-electron chi connectivity index (χ2n) is 7.35. The third kappa shape index (κ3) is 4.17. The Labute approximate surface area is 173 Å². The maximum absolute atomic E-state index is 13.7. The second kappa shape index (κ2) is 8.37. The van der Waals surface area contributed by atoms with Crippen molar-refractivity contribution in [3.8, 4) is 0 Å². The topological polar surface area (TPSA) is 56.0 Å². The summed E-state index contributed by atoms with van der Waals surface area (Å²) in [6, 6.07) is 18.1. The van der Waals surface area contributed by atoms with Crippen LogP contribution >= 0.6 is 0 Å². The van der Waals surface area contributed by atoms with E-state index in [4.69, 9.17) is 0 Å². The molecule has 0 aliphatic carbocycles. The predicted molar refractivity (Wildman–Crippen MR) is 115 cm³/mol. The molecule has 0 spiro atoms. The first-order valence-corrected chi connectivity index (χ1v) is 9.75. The maximum Gasteiger partial charge on any atom is 0.275 e. The SMILES string of the molecule is Cc1cccc(Cn2ccc3ccn(CC(=O)NCc4ccccc4F)c(=O)c32)c1. The monoisotopic (exact) mass is 403 g/mol. The molecule has 4 rings (SSSR count). The van der Waals surface area contributed by atoms with E-state index in [-0.39, 0.29) is 30.4 Å². The van der Waals surface area contributed by atoms with Gasteiger partial charge in [0.25, 0.3) is 5.56 Å². The van der Waals surface area contributed by atoms with E-state index in [1.54, 1.807) is 24.4 Å². The highest BCUT2D eigenvalue weighted by Gasteiger charge is 2.12. The third-order valence-corrected chi connectivity index (χ3v) is 5.08. The summed E-state index contributed by atoms with van der Waals surface area (Å²) in [6.45, 7) is 2.55. The van der Waals surface area contributed by atoms with E-state index in [2.05, 4.69) is 11.4 Å². The Bertz CT molecular complexity index is 1270. The van der Waals surface area contributed by atoms with Crippen molar-refractivity contribution >= 4 is 16.8 Å². The molecule has 0 aliphatic heterocycles. The zero-order valence-corrected chi connectivity index (χ0v) is 16.6. The average Bonchev–Trinajstić information content (AvgIpc) is 3.13. The lowest BCUT2D eigenvalue weighted by Crippen LogP contribution is -2.32. The Kier molecular flexibility index (Phi) is 5.48. The molecule has 0 saturated heterocycles. The van der Waals surface area contributed by atoms with Crippen LogP contribution in [0.25, 0.3) is 10.9 Å². The molecular weight excluding hydrogens is 381 g/mol. The minimum atomic E-state index is -0.370. The first-order chi connectivity index (χ1) is 14.5. The third-order valence-electron chi connectivity index (χ3n) is 5.08. The molecule has 5 nitrogen and oxygen atoms in total. The smallest absolute Gasteiger partial charge is 0.275 e. The van der Waals surface area contributed by atoms with Crippen molar-refractivity contribution in [1.82, 2.24) is 14.5 Å². The van der Waals surface area contributed by atoms with Gasteiger partial charge in [-0.15, -0.1) is 0 Å². The van der Waals surface area contributed by atoms with Crippen molar-refractivity contribution in [2.45, 2.75) is 26.6 Å². The minimum Gasteiger partial charge on any atom is -0.350 e. The van der Waals surface area contributed by atoms with E-state index in [0.29, 0.717) is 17.6 Å². The number of carbonyl (C=O) groups is 1. The Morgan fingerprint density at radius 1 is 1.00 bits per heavy atom. The molecule has 1 N–H and O–H groups in total. The first kappa shape index (κ1) is 19.6. The molecular formula is C24H22FN3O2. The molecule has 2 aromatic heterocycles. The number of carbonyl (C=O) groups excluding carboxylic acids is 1. The van der Waals surface area contributed by atoms with Crippen LogP contribution in [0.1, 0.15) is 16.7 Å². The molecule has 6 heteroatoms. The fraction of sp³-hybridized carbons (Fsp3) is 0.167. The lowest BCUT2D eigenvalue weighted by molar-refractivity contribution is -0.121. The highest BCUT2D eigenvalue weighted by Crippen LogP contribution is 2.14. The summed E-state index contributed by atoms with van der Waals surface area (Å²) < 4.78 is 17.0. The number of rotatable bonds is 6. The van der Waals surface area contributed by atoms with Gasteiger partial charge in [0.2, 0.25) is 5.91 Å². The number of nitrogens with zero attached hydrogens (tertiary/aromatic N) is 2. The van der Waals surface area contributed by atoms with Gasteiger partial charge in [-0.2, -0.15) is 0 Å². The first-order valence-electron chi connectivity index (χ1n) is 9.75. The van der Waals surface area contributed by atoms with Crippen molar-refractivity contribution < 1.29 is 9.18 Å². The Morgan fingerprint density at radius 2 is 1.77 bits per heavy atom. The summed E-state index contributed by atoms with van der Waals surface area (Å²) >= 11 is 0. The van der Waals surface area contributed by atoms with Crippen LogP contribution in [-0.2, 0) is 24.4 Å². The molecule has 2 aromatic carbocycles. The summed E-state index contributed by atoms with van der Waals surface area (Å²) in [5.74, 6) is -0.721. The quantitative estimate of drug-likeness (QED) is 0.535. The molecule has 0 saturated carbocycles. The molecule has 0 unspecified atom stereocenters. The number of amides is 1. The van der Waals surface area contributed by atoms with Gasteiger partial charge in [-0.3, -0.25) is 9.59 Å². The number of hydrogen-bond donors (Lipinski definition) is 1. The fourth-order valence-electron chi connectivity index (χ4n) is 3.55. The largest absolute Gasteiger partial charge is 0.350 e. The van der Waals surface area contributed by atoms with E-state index in [1.807, 2.05) is 48.0 Å². The molecule has 1 amide bonds. The van der Waals surface area contributed by atoms with Gasteiger partial charge in [-0.05, 0) is 30.7 Å². The van der Waals surface area contributed by atoms with Crippen LogP contribution in [0.5, 0.6) is 0 Å². The molecule has 4 aromatic rings. The highest BCUT2D eigenvalue weighted by atomic mass is 19.1. The van der Waals surface area contributed by atoms with Crippen LogP contribution in [-0.4, -0.2) is 15.0 Å². The van der Waals surface area contributed by atoms with Crippen LogP contribution in [0.3, 0.4) is 0 Å². The van der Waals surface area contributed by atoms with Gasteiger partial charge in [0.1, 0.15) is 17.9 Å². The zero-order valence-electron chi connectivity index (χ0n) is 16.6. The van der Waals surface area contributed by atoms with Gasteiger partial charge >= 0.3 is 0 Å². The average molecular weight is 403 g/mol. The number of aromatic nitrogens is 2. The van der Waals surface area contributed by atoms with Gasteiger partial charge in [0.15, 0.2) is 0 Å². The number of nitrogens with one attached hydrogen (secondary N) is 1. The number of aryl methyl sites for hydroxylation is 1. The molecule has 2 heterocycles. The van der Waals surface area contributed by atoms with Gasteiger partial charge in [0.05, 0.1) is 0 Å². The van der Waals surface area contributed by atoms with Crippen LogP contribution in [0, 0.1) is 12.7 Å². The van der Waals surface area contributed by atoms with Gasteiger partial charge in [0, 0.05) is 36.4 Å². The number of halogens is 1. The second-order valence-corrected chi connectivity index (χ2v) is 7.35. The highest BCUT2D eigenvalue weighted by molar-refractivity contribution is 5.80. The minimum absolute atomic E-state index is 0.0756. The number of benzene rings is 2. The normalized spacial score (nSPS) is 11.0. The molecule has 30 heavy (non-hydrogen) atoms. The Balaban J connectivity index is 1.53. The predicted octanol–water partition coefficient (Wildman–Crippen LogP) is 3.62.